The Balaban J connectivity index is 2.08. The van der Waals surface area contributed by atoms with E-state index < -0.39 is 0 Å². The van der Waals surface area contributed by atoms with Gasteiger partial charge in [0.25, 0.3) is 0 Å². The third kappa shape index (κ3) is 3.75. The van der Waals surface area contributed by atoms with Crippen molar-refractivity contribution < 1.29 is 4.74 Å². The number of rotatable bonds is 4. The molecule has 0 aliphatic carbocycles. The van der Waals surface area contributed by atoms with Gasteiger partial charge in [0.05, 0.1) is 0 Å². The maximum Gasteiger partial charge on any atom is 0.127 e. The first-order valence-corrected chi connectivity index (χ1v) is 8.05. The highest BCUT2D eigenvalue weighted by atomic mass is 35.7. The molecule has 0 atom stereocenters. The first-order valence-electron chi connectivity index (χ1n) is 4.77. The molecule has 2 aromatic carbocycles. The van der Waals surface area contributed by atoms with Crippen LogP contribution in [0.2, 0.25) is 0 Å². The molecule has 2 aromatic rings. The number of hydrogen-bond acceptors (Lipinski definition) is 3. The molecule has 0 radical (unpaired) electrons. The zero-order valence-electron chi connectivity index (χ0n) is 8.60. The van der Waals surface area contributed by atoms with E-state index in [1.165, 1.54) is 22.0 Å². The number of benzene rings is 2. The summed E-state index contributed by atoms with van der Waals surface area (Å²) in [5.41, 5.74) is 0. The molecule has 0 heterocycles. The van der Waals surface area contributed by atoms with Crippen molar-refractivity contribution in [3.8, 4) is 11.5 Å². The van der Waals surface area contributed by atoms with Gasteiger partial charge in [-0.3, -0.25) is 0 Å². The molecular formula is C12H8Cl2OS2. The molecule has 0 amide bonds. The van der Waals surface area contributed by atoms with Crippen molar-refractivity contribution in [3.05, 3.63) is 48.5 Å². The van der Waals surface area contributed by atoms with Crippen molar-refractivity contribution in [3.63, 3.8) is 0 Å². The lowest BCUT2D eigenvalue weighted by atomic mass is 10.3. The molecule has 0 fully saturated rings. The van der Waals surface area contributed by atoms with Crippen molar-refractivity contribution >= 4 is 43.3 Å². The Hall–Kier alpha value is -0.480. The Morgan fingerprint density at radius 3 is 1.29 bits per heavy atom. The average Bonchev–Trinajstić information content (AvgIpc) is 2.40. The summed E-state index contributed by atoms with van der Waals surface area (Å²) in [7, 11) is 13.6. The summed E-state index contributed by atoms with van der Waals surface area (Å²) in [6, 6.07) is 15.2. The molecular weight excluding hydrogens is 295 g/mol. The molecule has 88 valence electrons. The zero-order valence-corrected chi connectivity index (χ0v) is 11.7. The van der Waals surface area contributed by atoms with Gasteiger partial charge in [-0.1, -0.05) is 0 Å². The fourth-order valence-corrected chi connectivity index (χ4v) is 2.35. The van der Waals surface area contributed by atoms with Crippen molar-refractivity contribution in [2.75, 3.05) is 0 Å². The minimum Gasteiger partial charge on any atom is -0.457 e. The van der Waals surface area contributed by atoms with Gasteiger partial charge in [-0.05, 0) is 91.8 Å². The maximum atomic E-state index is 5.67. The highest BCUT2D eigenvalue weighted by Gasteiger charge is 1.98. The van der Waals surface area contributed by atoms with Gasteiger partial charge in [0.1, 0.15) is 11.5 Å². The predicted molar refractivity (Wildman–Crippen MR) is 76.4 cm³/mol. The molecule has 0 spiro atoms. The fourth-order valence-electron chi connectivity index (χ4n) is 1.25. The number of halogens is 2. The minimum absolute atomic E-state index is 0.783. The van der Waals surface area contributed by atoms with Crippen molar-refractivity contribution in [1.29, 1.82) is 0 Å². The van der Waals surface area contributed by atoms with Crippen LogP contribution in [0.1, 0.15) is 0 Å². The first-order chi connectivity index (χ1) is 8.31. The Morgan fingerprint density at radius 1 is 0.647 bits per heavy atom. The largest absolute Gasteiger partial charge is 0.457 e. The Labute approximate surface area is 117 Å². The molecule has 0 aliphatic rings. The summed E-state index contributed by atoms with van der Waals surface area (Å²) < 4.78 is 5.67. The third-order valence-electron chi connectivity index (χ3n) is 2.06. The Bertz CT molecular complexity index is 425. The number of hydrogen-bond donors (Lipinski definition) is 0. The average molecular weight is 303 g/mol. The van der Waals surface area contributed by atoms with Gasteiger partial charge >= 0.3 is 0 Å². The highest BCUT2D eigenvalue weighted by molar-refractivity contribution is 8.21. The van der Waals surface area contributed by atoms with Crippen LogP contribution in [0.25, 0.3) is 0 Å². The standard InChI is InChI=1S/C12H8Cl2OS2/c13-16-11-5-1-9(2-6-11)15-10-3-7-12(17-14)8-4-10/h1-8H. The molecule has 0 aromatic heterocycles. The molecule has 2 rings (SSSR count). The molecule has 5 heteroatoms. The van der Waals surface area contributed by atoms with E-state index in [0.29, 0.717) is 0 Å². The Kier molecular flexibility index (Phi) is 4.92. The molecule has 0 unspecified atom stereocenters. The Morgan fingerprint density at radius 2 is 1.00 bits per heavy atom. The first kappa shape index (κ1) is 13.0. The summed E-state index contributed by atoms with van der Waals surface area (Å²) in [6.45, 7) is 0. The predicted octanol–water partition coefficient (Wildman–Crippen LogP) is 5.97. The van der Waals surface area contributed by atoms with Gasteiger partial charge in [-0.25, -0.2) is 0 Å². The van der Waals surface area contributed by atoms with E-state index in [4.69, 9.17) is 26.1 Å². The smallest absolute Gasteiger partial charge is 0.127 e. The van der Waals surface area contributed by atoms with E-state index in [1.807, 2.05) is 48.5 Å². The van der Waals surface area contributed by atoms with E-state index in [0.717, 1.165) is 21.3 Å². The lowest BCUT2D eigenvalue weighted by molar-refractivity contribution is 0.482. The topological polar surface area (TPSA) is 9.23 Å². The van der Waals surface area contributed by atoms with Crippen molar-refractivity contribution in [1.82, 2.24) is 0 Å². The van der Waals surface area contributed by atoms with E-state index in [9.17, 15) is 0 Å². The van der Waals surface area contributed by atoms with Crippen LogP contribution >= 0.6 is 43.3 Å². The fraction of sp³-hybridized carbons (Fsp3) is 0. The van der Waals surface area contributed by atoms with E-state index >= 15 is 0 Å². The van der Waals surface area contributed by atoms with Crippen LogP contribution < -0.4 is 4.74 Å². The van der Waals surface area contributed by atoms with Crippen LogP contribution in [-0.4, -0.2) is 0 Å². The number of ether oxygens (including phenoxy) is 1. The molecule has 0 bridgehead atoms. The van der Waals surface area contributed by atoms with Gasteiger partial charge in [-0.15, -0.1) is 0 Å². The van der Waals surface area contributed by atoms with E-state index in [-0.39, 0.29) is 0 Å². The summed E-state index contributed by atoms with van der Waals surface area (Å²) >= 11 is 0. The molecule has 0 N–H and O–H groups in total. The third-order valence-corrected chi connectivity index (χ3v) is 4.03. The van der Waals surface area contributed by atoms with Crippen LogP contribution in [0.5, 0.6) is 11.5 Å². The van der Waals surface area contributed by atoms with Crippen LogP contribution in [0.4, 0.5) is 0 Å². The second kappa shape index (κ2) is 6.45. The van der Waals surface area contributed by atoms with Gasteiger partial charge < -0.3 is 4.74 Å². The van der Waals surface area contributed by atoms with Crippen LogP contribution in [-0.2, 0) is 0 Å². The molecule has 0 aliphatic heterocycles. The van der Waals surface area contributed by atoms with Crippen LogP contribution in [0, 0.1) is 0 Å². The second-order valence-electron chi connectivity index (χ2n) is 3.20. The van der Waals surface area contributed by atoms with Crippen LogP contribution in [0.15, 0.2) is 58.3 Å². The summed E-state index contributed by atoms with van der Waals surface area (Å²) in [5.74, 6) is 1.57. The molecule has 17 heavy (non-hydrogen) atoms. The SMILES string of the molecule is ClSc1ccc(Oc2ccc(SCl)cc2)cc1. The quantitative estimate of drug-likeness (QED) is 0.688. The van der Waals surface area contributed by atoms with Crippen molar-refractivity contribution in [2.24, 2.45) is 0 Å². The van der Waals surface area contributed by atoms with Gasteiger partial charge in [0, 0.05) is 9.79 Å². The monoisotopic (exact) mass is 302 g/mol. The lowest BCUT2D eigenvalue weighted by Crippen LogP contribution is -1.83. The van der Waals surface area contributed by atoms with Crippen molar-refractivity contribution in [2.45, 2.75) is 9.79 Å². The van der Waals surface area contributed by atoms with Gasteiger partial charge in [-0.2, -0.15) is 0 Å². The second-order valence-corrected chi connectivity index (χ2v) is 5.38. The molecule has 0 saturated heterocycles. The summed E-state index contributed by atoms with van der Waals surface area (Å²) in [4.78, 5) is 1.99. The maximum absolute atomic E-state index is 5.67. The minimum atomic E-state index is 0.783. The zero-order chi connectivity index (χ0) is 12.1. The molecule has 1 nitrogen and oxygen atoms in total. The highest BCUT2D eigenvalue weighted by Crippen LogP contribution is 2.29. The van der Waals surface area contributed by atoms with Gasteiger partial charge in [0.15, 0.2) is 0 Å². The normalized spacial score (nSPS) is 10.2. The summed E-state index contributed by atoms with van der Waals surface area (Å²) in [5, 5.41) is 0. The van der Waals surface area contributed by atoms with E-state index in [1.54, 1.807) is 0 Å². The molecule has 0 saturated carbocycles. The van der Waals surface area contributed by atoms with Gasteiger partial charge in [0.2, 0.25) is 0 Å². The van der Waals surface area contributed by atoms with Crippen LogP contribution in [0.3, 0.4) is 0 Å². The summed E-state index contributed by atoms with van der Waals surface area (Å²) in [6.07, 6.45) is 0. The lowest BCUT2D eigenvalue weighted by Gasteiger charge is -2.06. The van der Waals surface area contributed by atoms with E-state index in [2.05, 4.69) is 0 Å².